The van der Waals surface area contributed by atoms with Crippen LogP contribution >= 0.6 is 0 Å². The highest BCUT2D eigenvalue weighted by Gasteiger charge is 2.74. The zero-order chi connectivity index (χ0) is 11.5. The largest absolute Gasteiger partial charge is 0.400 e. The SMILES string of the molecule is CC1(C(F)(F)F)C2CCC(CC2)C1(F)F. The van der Waals surface area contributed by atoms with Gasteiger partial charge in [-0.2, -0.15) is 13.2 Å². The number of rotatable bonds is 0. The van der Waals surface area contributed by atoms with E-state index in [0.717, 1.165) is 0 Å². The van der Waals surface area contributed by atoms with E-state index in [1.165, 1.54) is 0 Å². The van der Waals surface area contributed by atoms with Gasteiger partial charge in [0.15, 0.2) is 0 Å². The van der Waals surface area contributed by atoms with Gasteiger partial charge in [-0.05, 0) is 38.5 Å². The average molecular weight is 228 g/mol. The average Bonchev–Trinajstić information content (AvgIpc) is 2.12. The first-order valence-electron chi connectivity index (χ1n) is 5.16. The lowest BCUT2D eigenvalue weighted by molar-refractivity contribution is -0.352. The fraction of sp³-hybridized carbons (Fsp3) is 1.00. The van der Waals surface area contributed by atoms with Gasteiger partial charge in [-0.1, -0.05) is 0 Å². The molecule has 3 rings (SSSR count). The molecule has 3 fully saturated rings. The summed E-state index contributed by atoms with van der Waals surface area (Å²) in [5.41, 5.74) is -2.80. The molecule has 1 atom stereocenters. The van der Waals surface area contributed by atoms with Crippen LogP contribution < -0.4 is 0 Å². The Morgan fingerprint density at radius 1 is 0.933 bits per heavy atom. The molecule has 0 amide bonds. The zero-order valence-corrected chi connectivity index (χ0v) is 8.37. The standard InChI is InChI=1S/C10H13F5/c1-8(10(13,14)15)6-2-4-7(5-3-6)9(8,11)12/h6-7H,2-5H2,1H3. The molecule has 0 aliphatic heterocycles. The molecule has 1 unspecified atom stereocenters. The molecule has 88 valence electrons. The van der Waals surface area contributed by atoms with Crippen molar-refractivity contribution in [3.05, 3.63) is 0 Å². The lowest BCUT2D eigenvalue weighted by Gasteiger charge is -2.55. The van der Waals surface area contributed by atoms with E-state index in [0.29, 0.717) is 6.92 Å². The van der Waals surface area contributed by atoms with Gasteiger partial charge in [0.05, 0.1) is 0 Å². The van der Waals surface area contributed by atoms with Crippen LogP contribution in [0.15, 0.2) is 0 Å². The maximum absolute atomic E-state index is 13.7. The molecule has 0 aromatic rings. The highest BCUT2D eigenvalue weighted by atomic mass is 19.4. The van der Waals surface area contributed by atoms with Crippen molar-refractivity contribution >= 4 is 0 Å². The van der Waals surface area contributed by atoms with Crippen LogP contribution in [0, 0.1) is 17.3 Å². The Balaban J connectivity index is 2.46. The third kappa shape index (κ3) is 1.18. The Labute approximate surface area is 84.8 Å². The number of alkyl halides is 5. The van der Waals surface area contributed by atoms with Crippen molar-refractivity contribution in [2.45, 2.75) is 44.7 Å². The van der Waals surface area contributed by atoms with E-state index in [-0.39, 0.29) is 25.7 Å². The minimum atomic E-state index is -4.81. The van der Waals surface area contributed by atoms with E-state index < -0.39 is 29.3 Å². The minimum Gasteiger partial charge on any atom is -0.206 e. The summed E-state index contributed by atoms with van der Waals surface area (Å²) < 4.78 is 65.8. The van der Waals surface area contributed by atoms with E-state index in [4.69, 9.17) is 0 Å². The first-order valence-corrected chi connectivity index (χ1v) is 5.16. The van der Waals surface area contributed by atoms with Gasteiger partial charge in [-0.25, -0.2) is 8.78 Å². The van der Waals surface area contributed by atoms with Crippen molar-refractivity contribution in [2.75, 3.05) is 0 Å². The van der Waals surface area contributed by atoms with Gasteiger partial charge in [0, 0.05) is 5.92 Å². The van der Waals surface area contributed by atoms with Gasteiger partial charge in [-0.15, -0.1) is 0 Å². The van der Waals surface area contributed by atoms with Crippen molar-refractivity contribution in [1.29, 1.82) is 0 Å². The summed E-state index contributed by atoms with van der Waals surface area (Å²) in [6.07, 6.45) is -3.75. The molecule has 0 radical (unpaired) electrons. The number of hydrogen-bond acceptors (Lipinski definition) is 0. The van der Waals surface area contributed by atoms with Crippen molar-refractivity contribution in [3.63, 3.8) is 0 Å². The fourth-order valence-corrected chi connectivity index (χ4v) is 3.15. The summed E-state index contributed by atoms with van der Waals surface area (Å²) in [6, 6.07) is 0. The minimum absolute atomic E-state index is 0.239. The molecule has 0 aromatic heterocycles. The zero-order valence-electron chi connectivity index (χ0n) is 8.37. The molecular formula is C10H13F5. The number of fused-ring (bicyclic) bond motifs is 3. The van der Waals surface area contributed by atoms with E-state index in [1.807, 2.05) is 0 Å². The summed E-state index contributed by atoms with van der Waals surface area (Å²) in [5, 5.41) is 0. The van der Waals surface area contributed by atoms with Crippen molar-refractivity contribution in [2.24, 2.45) is 17.3 Å². The molecule has 3 aliphatic carbocycles. The monoisotopic (exact) mass is 228 g/mol. The van der Waals surface area contributed by atoms with Gasteiger partial charge in [-0.3, -0.25) is 0 Å². The Bertz CT molecular complexity index is 261. The third-order valence-electron chi connectivity index (χ3n) is 4.34. The molecule has 0 N–H and O–H groups in total. The molecule has 0 aromatic carbocycles. The first kappa shape index (κ1) is 11.1. The summed E-state index contributed by atoms with van der Waals surface area (Å²) >= 11 is 0. The van der Waals surface area contributed by atoms with Crippen LogP contribution in [0.5, 0.6) is 0 Å². The van der Waals surface area contributed by atoms with Crippen LogP contribution in [0.2, 0.25) is 0 Å². The van der Waals surface area contributed by atoms with Crippen molar-refractivity contribution in [1.82, 2.24) is 0 Å². The second-order valence-corrected chi connectivity index (χ2v) is 4.87. The first-order chi connectivity index (χ1) is 6.71. The molecular weight excluding hydrogens is 215 g/mol. The second kappa shape index (κ2) is 2.86. The molecule has 2 bridgehead atoms. The molecule has 0 nitrogen and oxygen atoms in total. The molecule has 3 aliphatic rings. The highest BCUT2D eigenvalue weighted by molar-refractivity contribution is 5.08. The summed E-state index contributed by atoms with van der Waals surface area (Å²) in [4.78, 5) is 0. The van der Waals surface area contributed by atoms with Gasteiger partial charge < -0.3 is 0 Å². The van der Waals surface area contributed by atoms with Crippen LogP contribution in [0.4, 0.5) is 22.0 Å². The quantitative estimate of drug-likeness (QED) is 0.549. The predicted octanol–water partition coefficient (Wildman–Crippen LogP) is 4.01. The molecule has 3 saturated carbocycles. The summed E-state index contributed by atoms with van der Waals surface area (Å²) in [7, 11) is 0. The van der Waals surface area contributed by atoms with Crippen LogP contribution in [-0.2, 0) is 0 Å². The van der Waals surface area contributed by atoms with Crippen molar-refractivity contribution in [3.8, 4) is 0 Å². The Kier molecular flexibility index (Phi) is 2.12. The molecule has 0 saturated heterocycles. The maximum Gasteiger partial charge on any atom is 0.400 e. The van der Waals surface area contributed by atoms with Crippen LogP contribution in [-0.4, -0.2) is 12.1 Å². The van der Waals surface area contributed by atoms with E-state index in [2.05, 4.69) is 0 Å². The van der Waals surface area contributed by atoms with Crippen LogP contribution in [0.1, 0.15) is 32.6 Å². The van der Waals surface area contributed by atoms with Gasteiger partial charge in [0.2, 0.25) is 0 Å². The Morgan fingerprint density at radius 3 is 1.60 bits per heavy atom. The van der Waals surface area contributed by atoms with E-state index >= 15 is 0 Å². The number of halogens is 5. The summed E-state index contributed by atoms with van der Waals surface area (Å²) in [5.74, 6) is -5.57. The lowest BCUT2D eigenvalue weighted by Crippen LogP contribution is -2.63. The predicted molar refractivity (Wildman–Crippen MR) is 44.6 cm³/mol. The lowest BCUT2D eigenvalue weighted by atomic mass is 9.54. The summed E-state index contributed by atoms with van der Waals surface area (Å²) in [6.45, 7) is 0.697. The molecule has 0 heterocycles. The van der Waals surface area contributed by atoms with Gasteiger partial charge in [0.1, 0.15) is 5.41 Å². The molecule has 15 heavy (non-hydrogen) atoms. The second-order valence-electron chi connectivity index (χ2n) is 4.87. The topological polar surface area (TPSA) is 0 Å². The van der Waals surface area contributed by atoms with Crippen LogP contribution in [0.25, 0.3) is 0 Å². The van der Waals surface area contributed by atoms with Crippen LogP contribution in [0.3, 0.4) is 0 Å². The van der Waals surface area contributed by atoms with Crippen molar-refractivity contribution < 1.29 is 22.0 Å². The van der Waals surface area contributed by atoms with Gasteiger partial charge >= 0.3 is 6.18 Å². The maximum atomic E-state index is 13.7. The smallest absolute Gasteiger partial charge is 0.206 e. The third-order valence-corrected chi connectivity index (χ3v) is 4.34. The number of hydrogen-bond donors (Lipinski definition) is 0. The van der Waals surface area contributed by atoms with E-state index in [1.54, 1.807) is 0 Å². The normalized spacial score (nSPS) is 44.4. The highest BCUT2D eigenvalue weighted by Crippen LogP contribution is 2.66. The van der Waals surface area contributed by atoms with E-state index in [9.17, 15) is 22.0 Å². The Hall–Kier alpha value is -0.350. The van der Waals surface area contributed by atoms with Gasteiger partial charge in [0.25, 0.3) is 5.92 Å². The molecule has 0 spiro atoms. The fourth-order valence-electron chi connectivity index (χ4n) is 3.15. The molecule has 5 heteroatoms. The Morgan fingerprint density at radius 2 is 1.33 bits per heavy atom.